The molecule has 0 saturated heterocycles. The fourth-order valence-electron chi connectivity index (χ4n) is 0.248. The largest absolute Gasteiger partial charge is 0.327 e. The fourth-order valence-corrected chi connectivity index (χ4v) is 0.248. The van der Waals surface area contributed by atoms with Crippen LogP contribution in [0.25, 0.3) is 0 Å². The maximum Gasteiger partial charge on any atom is 0.0267 e. The number of terminal acetylenes is 1. The van der Waals surface area contributed by atoms with Gasteiger partial charge in [0.25, 0.3) is 0 Å². The molecule has 0 spiro atoms. The van der Waals surface area contributed by atoms with Crippen molar-refractivity contribution in [3.8, 4) is 12.3 Å². The smallest absolute Gasteiger partial charge is 0.0267 e. The molecule has 0 aromatic heterocycles. The monoisotopic (exact) mass is 95.1 g/mol. The first-order valence-electron chi connectivity index (χ1n) is 2.20. The average molecular weight is 95.1 g/mol. The summed E-state index contributed by atoms with van der Waals surface area (Å²) < 4.78 is 0. The molecule has 0 atom stereocenters. The fraction of sp³-hybridized carbons (Fsp3) is 0.333. The van der Waals surface area contributed by atoms with E-state index in [2.05, 4.69) is 5.92 Å². The van der Waals surface area contributed by atoms with Gasteiger partial charge in [-0.05, 0) is 0 Å². The molecule has 0 aliphatic rings. The first kappa shape index (κ1) is 6.26. The van der Waals surface area contributed by atoms with E-state index in [0.717, 1.165) is 0 Å². The minimum Gasteiger partial charge on any atom is -0.327 e. The van der Waals surface area contributed by atoms with Crippen molar-refractivity contribution in [2.75, 3.05) is 6.54 Å². The zero-order chi connectivity index (χ0) is 5.54. The number of hydrogen-bond acceptors (Lipinski definition) is 1. The van der Waals surface area contributed by atoms with Gasteiger partial charge in [-0.1, -0.05) is 12.2 Å². The molecule has 0 aromatic carbocycles. The van der Waals surface area contributed by atoms with Crippen LogP contribution in [0.5, 0.6) is 0 Å². The third-order valence-electron chi connectivity index (χ3n) is 0.538. The van der Waals surface area contributed by atoms with Crippen LogP contribution in [0.4, 0.5) is 0 Å². The van der Waals surface area contributed by atoms with Crippen molar-refractivity contribution in [2.45, 2.75) is 6.42 Å². The van der Waals surface area contributed by atoms with E-state index in [9.17, 15) is 0 Å². The molecular weight excluding hydrogens is 86.1 g/mol. The molecule has 2 N–H and O–H groups in total. The van der Waals surface area contributed by atoms with Gasteiger partial charge in [0.05, 0.1) is 0 Å². The Labute approximate surface area is 44.2 Å². The molecule has 0 aliphatic heterocycles. The van der Waals surface area contributed by atoms with Crippen LogP contribution in [0, 0.1) is 12.3 Å². The Kier molecular flexibility index (Phi) is 4.70. The molecule has 1 nitrogen and oxygen atoms in total. The van der Waals surface area contributed by atoms with Gasteiger partial charge in [-0.3, -0.25) is 0 Å². The topological polar surface area (TPSA) is 26.0 Å². The summed E-state index contributed by atoms with van der Waals surface area (Å²) in [7, 11) is 0. The van der Waals surface area contributed by atoms with Crippen LogP contribution in [0.15, 0.2) is 12.2 Å². The number of nitrogens with two attached hydrogens (primary N) is 1. The Morgan fingerprint density at radius 3 is 2.71 bits per heavy atom. The van der Waals surface area contributed by atoms with E-state index < -0.39 is 0 Å². The molecule has 0 saturated carbocycles. The van der Waals surface area contributed by atoms with Crippen molar-refractivity contribution in [1.29, 1.82) is 0 Å². The third kappa shape index (κ3) is 5.26. The maximum atomic E-state index is 5.11. The van der Waals surface area contributed by atoms with Crippen LogP contribution in [0.2, 0.25) is 0 Å². The van der Waals surface area contributed by atoms with E-state index in [1.807, 2.05) is 12.2 Å². The Morgan fingerprint density at radius 2 is 2.29 bits per heavy atom. The van der Waals surface area contributed by atoms with Gasteiger partial charge in [0.1, 0.15) is 0 Å². The molecule has 0 aliphatic carbocycles. The van der Waals surface area contributed by atoms with E-state index in [-0.39, 0.29) is 0 Å². The molecule has 0 rings (SSSR count). The van der Waals surface area contributed by atoms with E-state index >= 15 is 0 Å². The zero-order valence-corrected chi connectivity index (χ0v) is 4.22. The molecule has 7 heavy (non-hydrogen) atoms. The van der Waals surface area contributed by atoms with Crippen molar-refractivity contribution in [3.63, 3.8) is 0 Å². The molecule has 0 heterocycles. The summed E-state index contributed by atoms with van der Waals surface area (Å²) in [6.45, 7) is 0.585. The number of hydrogen-bond donors (Lipinski definition) is 1. The summed E-state index contributed by atoms with van der Waals surface area (Å²) in [5, 5.41) is 0. The highest BCUT2D eigenvalue weighted by Crippen LogP contribution is 1.74. The van der Waals surface area contributed by atoms with Gasteiger partial charge in [-0.25, -0.2) is 0 Å². The van der Waals surface area contributed by atoms with Crippen molar-refractivity contribution in [1.82, 2.24) is 0 Å². The molecule has 0 unspecified atom stereocenters. The van der Waals surface area contributed by atoms with Crippen LogP contribution >= 0.6 is 0 Å². The summed E-state index contributed by atoms with van der Waals surface area (Å²) in [4.78, 5) is 0. The minimum atomic E-state index is 0.585. The van der Waals surface area contributed by atoms with Gasteiger partial charge in [-0.15, -0.1) is 12.3 Å². The predicted molar refractivity (Wildman–Crippen MR) is 31.6 cm³/mol. The Balaban J connectivity index is 2.97. The Hall–Kier alpha value is -0.740. The number of rotatable bonds is 2. The summed E-state index contributed by atoms with van der Waals surface area (Å²) in [6.07, 6.45) is 9.34. The van der Waals surface area contributed by atoms with Crippen LogP contribution < -0.4 is 5.73 Å². The van der Waals surface area contributed by atoms with Gasteiger partial charge in [0, 0.05) is 13.0 Å². The Morgan fingerprint density at radius 1 is 1.57 bits per heavy atom. The molecule has 38 valence electrons. The van der Waals surface area contributed by atoms with Crippen molar-refractivity contribution >= 4 is 0 Å². The quantitative estimate of drug-likeness (QED) is 0.393. The van der Waals surface area contributed by atoms with Gasteiger partial charge >= 0.3 is 0 Å². The van der Waals surface area contributed by atoms with Crippen molar-refractivity contribution in [3.05, 3.63) is 12.2 Å². The van der Waals surface area contributed by atoms with Gasteiger partial charge in [-0.2, -0.15) is 0 Å². The molecule has 0 bridgehead atoms. The Bertz CT molecular complexity index is 86.8. The van der Waals surface area contributed by atoms with Gasteiger partial charge in [0.15, 0.2) is 0 Å². The van der Waals surface area contributed by atoms with E-state index in [1.165, 1.54) is 0 Å². The molecule has 0 fully saturated rings. The lowest BCUT2D eigenvalue weighted by Gasteiger charge is -1.73. The second-order valence-corrected chi connectivity index (χ2v) is 1.12. The van der Waals surface area contributed by atoms with Crippen molar-refractivity contribution in [2.24, 2.45) is 5.73 Å². The zero-order valence-electron chi connectivity index (χ0n) is 4.22. The summed E-state index contributed by atoms with van der Waals surface area (Å²) in [5.41, 5.74) is 5.11. The highest BCUT2D eigenvalue weighted by atomic mass is 14.5. The molecule has 1 heteroatoms. The second-order valence-electron chi connectivity index (χ2n) is 1.12. The third-order valence-corrected chi connectivity index (χ3v) is 0.538. The summed E-state index contributed by atoms with van der Waals surface area (Å²) in [5.74, 6) is 2.46. The highest BCUT2D eigenvalue weighted by molar-refractivity contribution is 4.96. The van der Waals surface area contributed by atoms with E-state index in [0.29, 0.717) is 13.0 Å². The summed E-state index contributed by atoms with van der Waals surface area (Å²) >= 11 is 0. The lowest BCUT2D eigenvalue weighted by Crippen LogP contribution is -1.91. The first-order chi connectivity index (χ1) is 3.41. The maximum absolute atomic E-state index is 5.11. The lowest BCUT2D eigenvalue weighted by atomic mass is 10.4. The standard InChI is InChI=1S/C6H9N/c1-2-3-4-5-6-7/h1,4-5H,3,6-7H2. The van der Waals surface area contributed by atoms with Crippen LogP contribution in [0.3, 0.4) is 0 Å². The number of allylic oxidation sites excluding steroid dienone is 1. The summed E-state index contributed by atoms with van der Waals surface area (Å²) in [6, 6.07) is 0. The van der Waals surface area contributed by atoms with Gasteiger partial charge in [0.2, 0.25) is 0 Å². The van der Waals surface area contributed by atoms with Gasteiger partial charge < -0.3 is 5.73 Å². The van der Waals surface area contributed by atoms with E-state index in [4.69, 9.17) is 12.2 Å². The molecular formula is C6H9N. The second kappa shape index (κ2) is 5.26. The van der Waals surface area contributed by atoms with Crippen molar-refractivity contribution < 1.29 is 0 Å². The van der Waals surface area contributed by atoms with Crippen LogP contribution in [-0.4, -0.2) is 6.54 Å². The first-order valence-corrected chi connectivity index (χ1v) is 2.20. The van der Waals surface area contributed by atoms with Crippen LogP contribution in [0.1, 0.15) is 6.42 Å². The molecule has 0 aromatic rings. The predicted octanol–water partition coefficient (Wildman–Crippen LogP) is 0.525. The molecule has 0 radical (unpaired) electrons. The lowest BCUT2D eigenvalue weighted by molar-refractivity contribution is 1.24. The van der Waals surface area contributed by atoms with E-state index in [1.54, 1.807) is 0 Å². The minimum absolute atomic E-state index is 0.585. The molecule has 0 amide bonds. The van der Waals surface area contributed by atoms with Crippen LogP contribution in [-0.2, 0) is 0 Å². The average Bonchev–Trinajstić information content (AvgIpc) is 1.69. The normalized spacial score (nSPS) is 9.14. The highest BCUT2D eigenvalue weighted by Gasteiger charge is 1.63. The SMILES string of the molecule is C#CCC=CCN.